The van der Waals surface area contributed by atoms with Crippen molar-refractivity contribution in [2.24, 2.45) is 5.92 Å². The van der Waals surface area contributed by atoms with Gasteiger partial charge in [0.2, 0.25) is 10.0 Å². The van der Waals surface area contributed by atoms with Crippen molar-refractivity contribution in [3.63, 3.8) is 0 Å². The van der Waals surface area contributed by atoms with Gasteiger partial charge in [-0.25, -0.2) is 12.7 Å². The molecule has 1 aromatic rings. The summed E-state index contributed by atoms with van der Waals surface area (Å²) in [4.78, 5) is 2.49. The molecular weight excluding hydrogens is 290 g/mol. The molecule has 0 amide bonds. The molecule has 0 bridgehead atoms. The van der Waals surface area contributed by atoms with Gasteiger partial charge in [-0.2, -0.15) is 0 Å². The van der Waals surface area contributed by atoms with Crippen LogP contribution in [0, 0.1) is 5.92 Å². The van der Waals surface area contributed by atoms with Crippen LogP contribution in [0.5, 0.6) is 0 Å². The first kappa shape index (κ1) is 16.5. The highest BCUT2D eigenvalue weighted by Gasteiger charge is 2.28. The van der Waals surface area contributed by atoms with Gasteiger partial charge in [0, 0.05) is 38.6 Å². The molecule has 0 saturated carbocycles. The lowest BCUT2D eigenvalue weighted by atomic mass is 10.1. The molecule has 1 N–H and O–H groups in total. The normalized spacial score (nSPS) is 20.5. The van der Waals surface area contributed by atoms with Gasteiger partial charge in [-0.05, 0) is 38.9 Å². The van der Waals surface area contributed by atoms with E-state index in [4.69, 9.17) is 0 Å². The minimum Gasteiger partial charge on any atom is -0.390 e. The topological polar surface area (TPSA) is 65.8 Å². The highest BCUT2D eigenvalue weighted by atomic mass is 32.2. The zero-order chi connectivity index (χ0) is 15.6. The highest BCUT2D eigenvalue weighted by molar-refractivity contribution is 7.89. The molecule has 1 unspecified atom stereocenters. The Balaban J connectivity index is 2.14. The van der Waals surface area contributed by atoms with E-state index in [1.165, 1.54) is 4.31 Å². The SMILES string of the molecule is CCn1cc(S(=O)(=O)N(C)CC2CCN(C)C2)cc1CO. The summed E-state index contributed by atoms with van der Waals surface area (Å²) in [5.74, 6) is 0.389. The zero-order valence-corrected chi connectivity index (χ0v) is 13.8. The Labute approximate surface area is 127 Å². The summed E-state index contributed by atoms with van der Waals surface area (Å²) in [6.45, 7) is 4.92. The lowest BCUT2D eigenvalue weighted by molar-refractivity contribution is 0.271. The number of aromatic nitrogens is 1. The molecule has 0 aromatic carbocycles. The second-order valence-electron chi connectivity index (χ2n) is 5.81. The third kappa shape index (κ3) is 3.48. The molecule has 2 rings (SSSR count). The summed E-state index contributed by atoms with van der Waals surface area (Å²) in [6, 6.07) is 1.57. The maximum Gasteiger partial charge on any atom is 0.244 e. The van der Waals surface area contributed by atoms with Crippen LogP contribution in [0.1, 0.15) is 19.0 Å². The van der Waals surface area contributed by atoms with E-state index in [1.54, 1.807) is 23.9 Å². The van der Waals surface area contributed by atoms with E-state index >= 15 is 0 Å². The highest BCUT2D eigenvalue weighted by Crippen LogP contribution is 2.22. The fourth-order valence-corrected chi connectivity index (χ4v) is 4.22. The van der Waals surface area contributed by atoms with Crippen LogP contribution in [0.2, 0.25) is 0 Å². The Morgan fingerprint density at radius 1 is 1.48 bits per heavy atom. The van der Waals surface area contributed by atoms with Gasteiger partial charge in [0.05, 0.1) is 6.61 Å². The number of hydrogen-bond acceptors (Lipinski definition) is 4. The van der Waals surface area contributed by atoms with Crippen LogP contribution >= 0.6 is 0 Å². The number of hydrogen-bond donors (Lipinski definition) is 1. The molecule has 0 aliphatic carbocycles. The van der Waals surface area contributed by atoms with E-state index in [-0.39, 0.29) is 11.5 Å². The molecule has 1 aliphatic rings. The monoisotopic (exact) mass is 315 g/mol. The van der Waals surface area contributed by atoms with E-state index in [1.807, 2.05) is 6.92 Å². The number of nitrogens with zero attached hydrogens (tertiary/aromatic N) is 3. The van der Waals surface area contributed by atoms with E-state index in [0.29, 0.717) is 24.7 Å². The Bertz CT molecular complexity index is 561. The van der Waals surface area contributed by atoms with Gasteiger partial charge in [-0.3, -0.25) is 0 Å². The van der Waals surface area contributed by atoms with E-state index in [9.17, 15) is 13.5 Å². The van der Waals surface area contributed by atoms with Crippen LogP contribution in [-0.2, 0) is 23.2 Å². The van der Waals surface area contributed by atoms with Gasteiger partial charge in [0.15, 0.2) is 0 Å². The molecule has 0 radical (unpaired) electrons. The molecule has 1 saturated heterocycles. The Kier molecular flexibility index (Phi) is 5.08. The maximum atomic E-state index is 12.6. The molecule has 1 fully saturated rings. The van der Waals surface area contributed by atoms with Gasteiger partial charge >= 0.3 is 0 Å². The largest absolute Gasteiger partial charge is 0.390 e. The molecule has 1 atom stereocenters. The van der Waals surface area contributed by atoms with Gasteiger partial charge in [0.1, 0.15) is 4.90 Å². The minimum atomic E-state index is -3.48. The van der Waals surface area contributed by atoms with E-state index in [0.717, 1.165) is 19.5 Å². The smallest absolute Gasteiger partial charge is 0.244 e. The average molecular weight is 315 g/mol. The summed E-state index contributed by atoms with van der Waals surface area (Å²) < 4.78 is 28.4. The molecule has 2 heterocycles. The molecule has 21 heavy (non-hydrogen) atoms. The second kappa shape index (κ2) is 6.48. The summed E-state index contributed by atoms with van der Waals surface area (Å²) in [5, 5.41) is 9.29. The Morgan fingerprint density at radius 3 is 2.67 bits per heavy atom. The summed E-state index contributed by atoms with van der Waals surface area (Å²) in [5.41, 5.74) is 0.630. The van der Waals surface area contributed by atoms with Crippen molar-refractivity contribution in [3.8, 4) is 0 Å². The van der Waals surface area contributed by atoms with Crippen LogP contribution in [0.3, 0.4) is 0 Å². The maximum absolute atomic E-state index is 12.6. The molecular formula is C14H25N3O3S. The van der Waals surface area contributed by atoms with Crippen LogP contribution in [0.25, 0.3) is 0 Å². The Morgan fingerprint density at radius 2 is 2.19 bits per heavy atom. The zero-order valence-electron chi connectivity index (χ0n) is 13.0. The molecule has 7 heteroatoms. The number of likely N-dealkylation sites (tertiary alicyclic amines) is 1. The number of aliphatic hydroxyl groups is 1. The summed E-state index contributed by atoms with van der Waals surface area (Å²) in [6.07, 6.45) is 2.65. The first-order valence-electron chi connectivity index (χ1n) is 7.33. The number of sulfonamides is 1. The molecule has 0 spiro atoms. The molecule has 120 valence electrons. The summed E-state index contributed by atoms with van der Waals surface area (Å²) in [7, 11) is 0.210. The predicted molar refractivity (Wildman–Crippen MR) is 81.4 cm³/mol. The average Bonchev–Trinajstić information content (AvgIpc) is 3.04. The first-order chi connectivity index (χ1) is 9.88. The van der Waals surface area contributed by atoms with Gasteiger partial charge in [0.25, 0.3) is 0 Å². The van der Waals surface area contributed by atoms with Crippen molar-refractivity contribution in [2.75, 3.05) is 33.7 Å². The van der Waals surface area contributed by atoms with Crippen molar-refractivity contribution in [3.05, 3.63) is 18.0 Å². The summed E-state index contributed by atoms with van der Waals surface area (Å²) >= 11 is 0. The van der Waals surface area contributed by atoms with E-state index in [2.05, 4.69) is 11.9 Å². The molecule has 6 nitrogen and oxygen atoms in total. The van der Waals surface area contributed by atoms with E-state index < -0.39 is 10.0 Å². The lowest BCUT2D eigenvalue weighted by Gasteiger charge is -2.20. The van der Waals surface area contributed by atoms with Crippen LogP contribution < -0.4 is 0 Å². The van der Waals surface area contributed by atoms with Crippen molar-refractivity contribution in [2.45, 2.75) is 31.4 Å². The predicted octanol–water partition coefficient (Wildman–Crippen LogP) is 0.572. The van der Waals surface area contributed by atoms with Gasteiger partial charge in [-0.15, -0.1) is 0 Å². The second-order valence-corrected chi connectivity index (χ2v) is 7.86. The quantitative estimate of drug-likeness (QED) is 0.834. The number of aryl methyl sites for hydroxylation is 1. The lowest BCUT2D eigenvalue weighted by Crippen LogP contribution is -2.32. The first-order valence-corrected chi connectivity index (χ1v) is 8.77. The van der Waals surface area contributed by atoms with Crippen molar-refractivity contribution < 1.29 is 13.5 Å². The molecule has 1 aromatic heterocycles. The standard InChI is InChI=1S/C14H25N3O3S/c1-4-17-10-14(7-13(17)11-18)21(19,20)16(3)9-12-5-6-15(2)8-12/h7,10,12,18H,4-6,8-9,11H2,1-3H3. The van der Waals surface area contributed by atoms with Crippen LogP contribution in [0.15, 0.2) is 17.2 Å². The molecule has 1 aliphatic heterocycles. The van der Waals surface area contributed by atoms with Crippen molar-refractivity contribution in [1.82, 2.24) is 13.8 Å². The van der Waals surface area contributed by atoms with Crippen LogP contribution in [0.4, 0.5) is 0 Å². The van der Waals surface area contributed by atoms with Crippen LogP contribution in [-0.4, -0.2) is 61.0 Å². The Hall–Kier alpha value is -0.890. The van der Waals surface area contributed by atoms with Crippen molar-refractivity contribution in [1.29, 1.82) is 0 Å². The fraction of sp³-hybridized carbons (Fsp3) is 0.714. The number of rotatable bonds is 6. The number of aliphatic hydroxyl groups excluding tert-OH is 1. The van der Waals surface area contributed by atoms with Gasteiger partial charge in [-0.1, -0.05) is 0 Å². The third-order valence-corrected chi connectivity index (χ3v) is 5.96. The van der Waals surface area contributed by atoms with Crippen molar-refractivity contribution >= 4 is 10.0 Å². The fourth-order valence-electron chi connectivity index (χ4n) is 2.91. The third-order valence-electron chi connectivity index (χ3n) is 4.18. The minimum absolute atomic E-state index is 0.152. The van der Waals surface area contributed by atoms with Gasteiger partial charge < -0.3 is 14.6 Å².